The summed E-state index contributed by atoms with van der Waals surface area (Å²) in [6.07, 6.45) is 1.04. The predicted octanol–water partition coefficient (Wildman–Crippen LogP) is 4.88. The van der Waals surface area contributed by atoms with Crippen LogP contribution in [-0.2, 0) is 4.74 Å². The van der Waals surface area contributed by atoms with Crippen molar-refractivity contribution >= 4 is 34.7 Å². The Morgan fingerprint density at radius 2 is 1.88 bits per heavy atom. The number of benzene rings is 2. The minimum atomic E-state index is -0.306. The topological polar surface area (TPSA) is 71.5 Å². The van der Waals surface area contributed by atoms with Gasteiger partial charge in [-0.05, 0) is 56.2 Å². The third-order valence-electron chi connectivity index (χ3n) is 5.33. The van der Waals surface area contributed by atoms with E-state index in [1.807, 2.05) is 24.3 Å². The van der Waals surface area contributed by atoms with Crippen molar-refractivity contribution in [3.05, 3.63) is 66.0 Å². The summed E-state index contributed by atoms with van der Waals surface area (Å²) in [7, 11) is 0. The molecule has 0 bridgehead atoms. The monoisotopic (exact) mass is 453 g/mol. The van der Waals surface area contributed by atoms with Crippen molar-refractivity contribution in [3.63, 3.8) is 0 Å². The number of hydrogen-bond donors (Lipinski definition) is 1. The molecule has 2 amide bonds. The molecule has 1 aromatic heterocycles. The van der Waals surface area contributed by atoms with Crippen molar-refractivity contribution in [1.82, 2.24) is 15.2 Å². The predicted molar refractivity (Wildman–Crippen MR) is 121 cm³/mol. The first-order valence-corrected chi connectivity index (χ1v) is 11.4. The van der Waals surface area contributed by atoms with Crippen LogP contribution in [0.3, 0.4) is 0 Å². The molecule has 2 aromatic carbocycles. The number of fused-ring (bicyclic) bond motifs is 1. The quantitative estimate of drug-likeness (QED) is 0.596. The Kier molecular flexibility index (Phi) is 6.90. The number of aromatic nitrogens is 1. The minimum Gasteiger partial charge on any atom is -0.450 e. The lowest BCUT2D eigenvalue weighted by Gasteiger charge is -2.31. The zero-order valence-electron chi connectivity index (χ0n) is 17.7. The Morgan fingerprint density at radius 1 is 1.16 bits per heavy atom. The van der Waals surface area contributed by atoms with Crippen LogP contribution in [-0.4, -0.2) is 47.6 Å². The lowest BCUT2D eigenvalue weighted by molar-refractivity contribution is 0.0861. The van der Waals surface area contributed by atoms with Gasteiger partial charge in [0.15, 0.2) is 0 Å². The number of hydrogen-bond acceptors (Lipinski definition) is 5. The van der Waals surface area contributed by atoms with E-state index in [9.17, 15) is 14.0 Å². The summed E-state index contributed by atoms with van der Waals surface area (Å²) in [5, 5.41) is 4.55. The van der Waals surface area contributed by atoms with Crippen LogP contribution in [0, 0.1) is 5.82 Å². The fourth-order valence-electron chi connectivity index (χ4n) is 3.70. The van der Waals surface area contributed by atoms with Gasteiger partial charge in [-0.3, -0.25) is 4.79 Å². The van der Waals surface area contributed by atoms with E-state index in [0.29, 0.717) is 43.1 Å². The average molecular weight is 454 g/mol. The molecule has 6 nitrogen and oxygen atoms in total. The molecule has 0 saturated carbocycles. The van der Waals surface area contributed by atoms with Gasteiger partial charge in [-0.15, -0.1) is 0 Å². The molecule has 0 radical (unpaired) electrons. The van der Waals surface area contributed by atoms with Gasteiger partial charge in [-0.1, -0.05) is 30.0 Å². The Hall–Kier alpha value is -3.13. The van der Waals surface area contributed by atoms with Crippen LogP contribution in [0.25, 0.3) is 10.9 Å². The summed E-state index contributed by atoms with van der Waals surface area (Å²) in [5.74, 6) is -0.464. The van der Waals surface area contributed by atoms with Crippen molar-refractivity contribution in [2.24, 2.45) is 0 Å². The average Bonchev–Trinajstić information content (AvgIpc) is 2.80. The third-order valence-corrected chi connectivity index (χ3v) is 6.26. The summed E-state index contributed by atoms with van der Waals surface area (Å²) in [6.45, 7) is 3.23. The molecule has 0 atom stereocenters. The second kappa shape index (κ2) is 9.99. The first kappa shape index (κ1) is 22.1. The summed E-state index contributed by atoms with van der Waals surface area (Å²) in [6, 6.07) is 15.5. The number of piperidine rings is 1. The second-order valence-electron chi connectivity index (χ2n) is 7.51. The number of nitrogens with one attached hydrogen (secondary N) is 1. The third kappa shape index (κ3) is 5.19. The molecule has 0 spiro atoms. The van der Waals surface area contributed by atoms with Crippen LogP contribution >= 0.6 is 11.8 Å². The lowest BCUT2D eigenvalue weighted by Crippen LogP contribution is -2.46. The normalized spacial score (nSPS) is 14.4. The van der Waals surface area contributed by atoms with Gasteiger partial charge < -0.3 is 15.0 Å². The highest BCUT2D eigenvalue weighted by Gasteiger charge is 2.25. The first-order valence-electron chi connectivity index (χ1n) is 10.6. The van der Waals surface area contributed by atoms with Crippen molar-refractivity contribution in [1.29, 1.82) is 0 Å². The van der Waals surface area contributed by atoms with Gasteiger partial charge >= 0.3 is 6.09 Å². The first-order chi connectivity index (χ1) is 15.5. The van der Waals surface area contributed by atoms with Gasteiger partial charge in [-0.25, -0.2) is 14.2 Å². The van der Waals surface area contributed by atoms with E-state index >= 15 is 0 Å². The number of ether oxygens (including phenoxy) is 1. The molecule has 1 N–H and O–H groups in total. The fraction of sp³-hybridized carbons (Fsp3) is 0.292. The molecule has 1 fully saturated rings. The number of para-hydroxylation sites is 1. The highest BCUT2D eigenvalue weighted by Crippen LogP contribution is 2.30. The zero-order chi connectivity index (χ0) is 22.5. The summed E-state index contributed by atoms with van der Waals surface area (Å²) < 4.78 is 18.3. The Labute approximate surface area is 190 Å². The molecule has 0 aliphatic carbocycles. The van der Waals surface area contributed by atoms with E-state index < -0.39 is 0 Å². The molecule has 2 heterocycles. The van der Waals surface area contributed by atoms with Crippen molar-refractivity contribution < 1.29 is 18.7 Å². The van der Waals surface area contributed by atoms with Crippen LogP contribution < -0.4 is 5.32 Å². The van der Waals surface area contributed by atoms with Gasteiger partial charge in [0.2, 0.25) is 0 Å². The maximum absolute atomic E-state index is 13.2. The summed E-state index contributed by atoms with van der Waals surface area (Å²) in [4.78, 5) is 32.3. The zero-order valence-corrected chi connectivity index (χ0v) is 18.5. The highest BCUT2D eigenvalue weighted by molar-refractivity contribution is 7.99. The molecule has 1 aliphatic rings. The Balaban J connectivity index is 1.50. The number of amides is 2. The van der Waals surface area contributed by atoms with Crippen molar-refractivity contribution in [2.75, 3.05) is 19.7 Å². The second-order valence-corrected chi connectivity index (χ2v) is 8.61. The van der Waals surface area contributed by atoms with E-state index in [1.165, 1.54) is 23.9 Å². The number of likely N-dealkylation sites (tertiary alicyclic amines) is 1. The lowest BCUT2D eigenvalue weighted by atomic mass is 10.0. The standard InChI is InChI=1S/C24H24FN3O3S/c1-2-31-24(30)28-13-11-17(12-14-28)26-23(29)20-15-22(27-21-6-4-3-5-19(20)21)32-18-9-7-16(25)8-10-18/h3-10,15,17H,2,11-14H2,1H3,(H,26,29). The van der Waals surface area contributed by atoms with Crippen LogP contribution in [0.1, 0.15) is 30.1 Å². The number of carbonyl (C=O) groups excluding carboxylic acids is 2. The van der Waals surface area contributed by atoms with E-state index in [-0.39, 0.29) is 23.9 Å². The van der Waals surface area contributed by atoms with Gasteiger partial charge in [0.25, 0.3) is 5.91 Å². The highest BCUT2D eigenvalue weighted by atomic mass is 32.2. The van der Waals surface area contributed by atoms with E-state index in [4.69, 9.17) is 4.74 Å². The molecule has 1 saturated heterocycles. The fourth-order valence-corrected chi connectivity index (χ4v) is 4.53. The van der Waals surface area contributed by atoms with Crippen LogP contribution in [0.5, 0.6) is 0 Å². The Morgan fingerprint density at radius 3 is 2.59 bits per heavy atom. The van der Waals surface area contributed by atoms with Crippen LogP contribution in [0.2, 0.25) is 0 Å². The largest absolute Gasteiger partial charge is 0.450 e. The number of halogens is 1. The molecule has 166 valence electrons. The molecule has 3 aromatic rings. The van der Waals surface area contributed by atoms with Gasteiger partial charge in [0.05, 0.1) is 17.7 Å². The maximum Gasteiger partial charge on any atom is 0.409 e. The molecule has 32 heavy (non-hydrogen) atoms. The number of pyridine rings is 1. The number of rotatable bonds is 5. The van der Waals surface area contributed by atoms with Gasteiger partial charge in [0, 0.05) is 29.4 Å². The SMILES string of the molecule is CCOC(=O)N1CCC(NC(=O)c2cc(Sc3ccc(F)cc3)nc3ccccc23)CC1. The minimum absolute atomic E-state index is 0.0201. The molecular formula is C24H24FN3O3S. The molecular weight excluding hydrogens is 429 g/mol. The smallest absolute Gasteiger partial charge is 0.409 e. The van der Waals surface area contributed by atoms with Gasteiger partial charge in [0.1, 0.15) is 10.8 Å². The molecule has 8 heteroatoms. The van der Waals surface area contributed by atoms with Crippen LogP contribution in [0.4, 0.5) is 9.18 Å². The molecule has 4 rings (SSSR count). The van der Waals surface area contributed by atoms with Crippen molar-refractivity contribution in [2.45, 2.75) is 35.7 Å². The van der Waals surface area contributed by atoms with E-state index in [0.717, 1.165) is 15.8 Å². The summed E-state index contributed by atoms with van der Waals surface area (Å²) in [5.41, 5.74) is 1.27. The Bertz CT molecular complexity index is 1120. The van der Waals surface area contributed by atoms with Crippen LogP contribution in [0.15, 0.2) is 64.5 Å². The van der Waals surface area contributed by atoms with E-state index in [1.54, 1.807) is 30.0 Å². The summed E-state index contributed by atoms with van der Waals surface area (Å²) >= 11 is 1.38. The van der Waals surface area contributed by atoms with Gasteiger partial charge in [-0.2, -0.15) is 0 Å². The number of carbonyl (C=O) groups is 2. The molecule has 0 unspecified atom stereocenters. The van der Waals surface area contributed by atoms with E-state index in [2.05, 4.69) is 10.3 Å². The van der Waals surface area contributed by atoms with Crippen molar-refractivity contribution in [3.8, 4) is 0 Å². The molecule has 1 aliphatic heterocycles. The number of nitrogens with zero attached hydrogens (tertiary/aromatic N) is 2. The maximum atomic E-state index is 13.2.